The Morgan fingerprint density at radius 2 is 2.06 bits per heavy atom. The van der Waals surface area contributed by atoms with Crippen molar-refractivity contribution in [3.63, 3.8) is 0 Å². The zero-order valence-corrected chi connectivity index (χ0v) is 9.65. The minimum Gasteiger partial charge on any atom is -0.507 e. The third kappa shape index (κ3) is 2.97. The van der Waals surface area contributed by atoms with Crippen LogP contribution in [0.25, 0.3) is 0 Å². The Hall–Kier alpha value is -1.55. The van der Waals surface area contributed by atoms with Crippen LogP contribution in [0.3, 0.4) is 0 Å². The van der Waals surface area contributed by atoms with Crippen LogP contribution in [0.5, 0.6) is 5.75 Å². The zero-order chi connectivity index (χ0) is 12.3. The third-order valence-electron chi connectivity index (χ3n) is 2.14. The van der Waals surface area contributed by atoms with E-state index in [1.165, 1.54) is 6.07 Å². The van der Waals surface area contributed by atoms with Crippen molar-refractivity contribution in [2.75, 3.05) is 0 Å². The quantitative estimate of drug-likeness (QED) is 0.823. The molecule has 1 aromatic rings. The van der Waals surface area contributed by atoms with Gasteiger partial charge in [-0.05, 0) is 32.4 Å². The average Bonchev–Trinajstić information content (AvgIpc) is 2.18. The number of hydrogen-bond donors (Lipinski definition) is 2. The molecule has 0 unspecified atom stereocenters. The molecule has 4 nitrogen and oxygen atoms in total. The highest BCUT2D eigenvalue weighted by Crippen LogP contribution is 2.25. The van der Waals surface area contributed by atoms with Crippen molar-refractivity contribution in [3.05, 3.63) is 28.8 Å². The summed E-state index contributed by atoms with van der Waals surface area (Å²) < 4.78 is 5.35. The number of hydrogen-bond acceptors (Lipinski definition) is 3. The first-order chi connectivity index (χ1) is 7.41. The molecule has 0 radical (unpaired) electrons. The molecule has 0 amide bonds. The predicted molar refractivity (Wildman–Crippen MR) is 59.7 cm³/mol. The summed E-state index contributed by atoms with van der Waals surface area (Å²) in [5.41, 5.74) is 1.21. The van der Waals surface area contributed by atoms with Gasteiger partial charge in [-0.25, -0.2) is 4.79 Å². The van der Waals surface area contributed by atoms with Crippen LogP contribution in [0, 0.1) is 6.92 Å². The van der Waals surface area contributed by atoms with Gasteiger partial charge in [-0.15, -0.1) is 0 Å². The first-order valence-corrected chi connectivity index (χ1v) is 5.09. The lowest BCUT2D eigenvalue weighted by Crippen LogP contribution is -2.05. The predicted octanol–water partition coefficient (Wildman–Crippen LogP) is 2.32. The maximum atomic E-state index is 10.9. The molecule has 0 fully saturated rings. The summed E-state index contributed by atoms with van der Waals surface area (Å²) in [4.78, 5) is 10.9. The van der Waals surface area contributed by atoms with E-state index in [-0.39, 0.29) is 24.0 Å². The molecule has 88 valence electrons. The van der Waals surface area contributed by atoms with Crippen molar-refractivity contribution < 1.29 is 19.7 Å². The summed E-state index contributed by atoms with van der Waals surface area (Å²) >= 11 is 0. The molecule has 1 aromatic carbocycles. The molecular formula is C12H16O4. The van der Waals surface area contributed by atoms with E-state index < -0.39 is 5.97 Å². The van der Waals surface area contributed by atoms with Gasteiger partial charge in [0.2, 0.25) is 0 Å². The van der Waals surface area contributed by atoms with Gasteiger partial charge in [0, 0.05) is 5.56 Å². The number of aryl methyl sites for hydroxylation is 1. The van der Waals surface area contributed by atoms with Crippen LogP contribution in [-0.4, -0.2) is 22.3 Å². The molecule has 0 heterocycles. The number of phenols is 1. The Labute approximate surface area is 94.5 Å². The number of benzene rings is 1. The molecular weight excluding hydrogens is 208 g/mol. The SMILES string of the molecule is Cc1cc(COC(C)C)c(O)c(C(=O)O)c1. The maximum Gasteiger partial charge on any atom is 0.339 e. The lowest BCUT2D eigenvalue weighted by Gasteiger charge is -2.11. The van der Waals surface area contributed by atoms with Crippen LogP contribution < -0.4 is 0 Å². The van der Waals surface area contributed by atoms with E-state index in [0.29, 0.717) is 5.56 Å². The molecule has 16 heavy (non-hydrogen) atoms. The van der Waals surface area contributed by atoms with E-state index >= 15 is 0 Å². The minimum atomic E-state index is -1.13. The molecule has 0 aliphatic rings. The fraction of sp³-hybridized carbons (Fsp3) is 0.417. The molecule has 0 aliphatic carbocycles. The minimum absolute atomic E-state index is 0.0354. The highest BCUT2D eigenvalue weighted by Gasteiger charge is 2.14. The van der Waals surface area contributed by atoms with Gasteiger partial charge in [-0.1, -0.05) is 6.07 Å². The Bertz CT molecular complexity index is 396. The Balaban J connectivity index is 3.04. The zero-order valence-electron chi connectivity index (χ0n) is 9.65. The van der Waals surface area contributed by atoms with Gasteiger partial charge in [0.15, 0.2) is 0 Å². The molecule has 0 atom stereocenters. The van der Waals surface area contributed by atoms with E-state index in [0.717, 1.165) is 5.56 Å². The summed E-state index contributed by atoms with van der Waals surface area (Å²) in [6.45, 7) is 5.76. The van der Waals surface area contributed by atoms with Crippen LogP contribution in [0.15, 0.2) is 12.1 Å². The highest BCUT2D eigenvalue weighted by atomic mass is 16.5. The molecule has 0 saturated carbocycles. The van der Waals surface area contributed by atoms with E-state index in [9.17, 15) is 9.90 Å². The van der Waals surface area contributed by atoms with Crippen LogP contribution in [0.4, 0.5) is 0 Å². The lowest BCUT2D eigenvalue weighted by molar-refractivity contribution is 0.0637. The number of carboxylic acid groups (broad SMARTS) is 1. The van der Waals surface area contributed by atoms with Gasteiger partial charge in [-0.3, -0.25) is 0 Å². The lowest BCUT2D eigenvalue weighted by atomic mass is 10.1. The number of carboxylic acids is 1. The highest BCUT2D eigenvalue weighted by molar-refractivity contribution is 5.91. The second kappa shape index (κ2) is 4.99. The average molecular weight is 224 g/mol. The molecule has 0 saturated heterocycles. The van der Waals surface area contributed by atoms with Crippen molar-refractivity contribution in [1.29, 1.82) is 0 Å². The largest absolute Gasteiger partial charge is 0.507 e. The molecule has 0 aromatic heterocycles. The second-order valence-electron chi connectivity index (χ2n) is 3.99. The van der Waals surface area contributed by atoms with Crippen LogP contribution in [0.2, 0.25) is 0 Å². The summed E-state index contributed by atoms with van der Waals surface area (Å²) in [5.74, 6) is -1.34. The second-order valence-corrected chi connectivity index (χ2v) is 3.99. The van der Waals surface area contributed by atoms with Crippen molar-refractivity contribution in [2.45, 2.75) is 33.5 Å². The van der Waals surface area contributed by atoms with Gasteiger partial charge in [0.25, 0.3) is 0 Å². The maximum absolute atomic E-state index is 10.9. The van der Waals surface area contributed by atoms with Crippen LogP contribution in [-0.2, 0) is 11.3 Å². The fourth-order valence-corrected chi connectivity index (χ4v) is 1.38. The number of ether oxygens (including phenoxy) is 1. The third-order valence-corrected chi connectivity index (χ3v) is 2.14. The van der Waals surface area contributed by atoms with Crippen molar-refractivity contribution >= 4 is 5.97 Å². The van der Waals surface area contributed by atoms with Gasteiger partial charge < -0.3 is 14.9 Å². The van der Waals surface area contributed by atoms with E-state index in [2.05, 4.69) is 0 Å². The first kappa shape index (κ1) is 12.5. The van der Waals surface area contributed by atoms with Gasteiger partial charge in [-0.2, -0.15) is 0 Å². The standard InChI is InChI=1S/C12H16O4/c1-7(2)16-6-9-4-8(3)5-10(11(9)13)12(14)15/h4-5,7,13H,6H2,1-3H3,(H,14,15). The van der Waals surface area contributed by atoms with Gasteiger partial charge in [0.05, 0.1) is 12.7 Å². The topological polar surface area (TPSA) is 66.8 Å². The molecule has 1 rings (SSSR count). The molecule has 0 bridgehead atoms. The fourth-order valence-electron chi connectivity index (χ4n) is 1.38. The molecule has 2 N–H and O–H groups in total. The summed E-state index contributed by atoms with van der Waals surface area (Å²) in [5, 5.41) is 18.6. The van der Waals surface area contributed by atoms with Gasteiger partial charge in [0.1, 0.15) is 11.3 Å². The Morgan fingerprint density at radius 3 is 2.56 bits per heavy atom. The van der Waals surface area contributed by atoms with Crippen molar-refractivity contribution in [2.24, 2.45) is 0 Å². The van der Waals surface area contributed by atoms with E-state index in [1.54, 1.807) is 13.0 Å². The molecule has 0 aliphatic heterocycles. The normalized spacial score (nSPS) is 10.8. The van der Waals surface area contributed by atoms with Crippen molar-refractivity contribution in [3.8, 4) is 5.75 Å². The number of aromatic hydroxyl groups is 1. The Kier molecular flexibility index (Phi) is 3.90. The monoisotopic (exact) mass is 224 g/mol. The van der Waals surface area contributed by atoms with Crippen LogP contribution in [0.1, 0.15) is 35.3 Å². The smallest absolute Gasteiger partial charge is 0.339 e. The van der Waals surface area contributed by atoms with Crippen LogP contribution >= 0.6 is 0 Å². The first-order valence-electron chi connectivity index (χ1n) is 5.09. The number of carbonyl (C=O) groups is 1. The molecule has 0 spiro atoms. The van der Waals surface area contributed by atoms with E-state index in [4.69, 9.17) is 9.84 Å². The van der Waals surface area contributed by atoms with E-state index in [1.807, 2.05) is 13.8 Å². The molecule has 4 heteroatoms. The summed E-state index contributed by atoms with van der Waals surface area (Å²) in [6, 6.07) is 3.17. The summed E-state index contributed by atoms with van der Waals surface area (Å²) in [7, 11) is 0. The number of rotatable bonds is 4. The summed E-state index contributed by atoms with van der Waals surface area (Å²) in [6.07, 6.45) is 0.0354. The van der Waals surface area contributed by atoms with Gasteiger partial charge >= 0.3 is 5.97 Å². The number of aromatic carboxylic acids is 1. The Morgan fingerprint density at radius 1 is 1.44 bits per heavy atom. The van der Waals surface area contributed by atoms with Crippen molar-refractivity contribution in [1.82, 2.24) is 0 Å².